The molecule has 124 valence electrons. The summed E-state index contributed by atoms with van der Waals surface area (Å²) < 4.78 is 37.9. The van der Waals surface area contributed by atoms with Crippen LogP contribution in [-0.4, -0.2) is 39.9 Å². The third-order valence-corrected chi connectivity index (χ3v) is 3.89. The van der Waals surface area contributed by atoms with E-state index in [9.17, 15) is 8.78 Å². The van der Waals surface area contributed by atoms with E-state index >= 15 is 0 Å². The van der Waals surface area contributed by atoms with E-state index < -0.39 is 11.6 Å². The fraction of sp³-hybridized carbons (Fsp3) is 0.333. The van der Waals surface area contributed by atoms with E-state index in [1.807, 2.05) is 4.90 Å². The second-order valence-electron chi connectivity index (χ2n) is 5.44. The molecule has 1 aliphatic heterocycles. The van der Waals surface area contributed by atoms with E-state index in [1.54, 1.807) is 6.92 Å². The zero-order valence-electron chi connectivity index (χ0n) is 12.7. The molecular weight excluding hydrogens is 320 g/mol. The summed E-state index contributed by atoms with van der Waals surface area (Å²) in [5, 5.41) is 4.21. The number of morpholine rings is 1. The minimum atomic E-state index is -0.947. The molecule has 1 saturated heterocycles. The second kappa shape index (κ2) is 5.75. The van der Waals surface area contributed by atoms with Crippen LogP contribution in [0, 0.1) is 18.6 Å². The van der Waals surface area contributed by atoms with Crippen molar-refractivity contribution in [1.29, 1.82) is 0 Å². The van der Waals surface area contributed by atoms with Gasteiger partial charge in [-0.25, -0.2) is 18.7 Å². The predicted octanol–water partition coefficient (Wildman–Crippen LogP) is 2.18. The number of hydrogen-bond acceptors (Lipinski definition) is 7. The van der Waals surface area contributed by atoms with Crippen molar-refractivity contribution in [2.24, 2.45) is 0 Å². The summed E-state index contributed by atoms with van der Waals surface area (Å²) in [7, 11) is 0. The monoisotopic (exact) mass is 333 g/mol. The van der Waals surface area contributed by atoms with Gasteiger partial charge in [0.2, 0.25) is 0 Å². The number of aromatic nitrogens is 4. The van der Waals surface area contributed by atoms with Gasteiger partial charge in [-0.15, -0.1) is 0 Å². The Labute approximate surface area is 135 Å². The summed E-state index contributed by atoms with van der Waals surface area (Å²) >= 11 is 0. The normalized spacial score (nSPS) is 18.3. The molecule has 3 heterocycles. The Hall–Kier alpha value is -2.68. The number of halogens is 2. The van der Waals surface area contributed by atoms with Crippen LogP contribution in [-0.2, 0) is 4.74 Å². The third kappa shape index (κ3) is 2.46. The molecule has 1 atom stereocenters. The van der Waals surface area contributed by atoms with Crippen LogP contribution in [0.25, 0.3) is 10.9 Å². The molecule has 0 radical (unpaired) electrons. The SMILES string of the molecule is Cc1noc(C2COCCN2c2ncnc3cc(F)c(F)cc23)n1. The van der Waals surface area contributed by atoms with Crippen LogP contribution >= 0.6 is 0 Å². The summed E-state index contributed by atoms with van der Waals surface area (Å²) in [5.74, 6) is -0.518. The summed E-state index contributed by atoms with van der Waals surface area (Å²) in [4.78, 5) is 14.4. The van der Waals surface area contributed by atoms with Crippen LogP contribution in [0.4, 0.5) is 14.6 Å². The Bertz CT molecular complexity index is 901. The van der Waals surface area contributed by atoms with Crippen LogP contribution in [0.2, 0.25) is 0 Å². The fourth-order valence-corrected chi connectivity index (χ4v) is 2.78. The maximum atomic E-state index is 13.7. The van der Waals surface area contributed by atoms with Crippen molar-refractivity contribution in [2.75, 3.05) is 24.7 Å². The quantitative estimate of drug-likeness (QED) is 0.711. The van der Waals surface area contributed by atoms with Crippen molar-refractivity contribution in [2.45, 2.75) is 13.0 Å². The highest BCUT2D eigenvalue weighted by Crippen LogP contribution is 2.32. The Balaban J connectivity index is 1.83. The van der Waals surface area contributed by atoms with E-state index in [4.69, 9.17) is 9.26 Å². The molecular formula is C15H13F2N5O2. The van der Waals surface area contributed by atoms with E-state index in [-0.39, 0.29) is 6.04 Å². The maximum absolute atomic E-state index is 13.7. The van der Waals surface area contributed by atoms with E-state index in [2.05, 4.69) is 20.1 Å². The topological polar surface area (TPSA) is 77.2 Å². The first-order valence-corrected chi connectivity index (χ1v) is 7.38. The molecule has 7 nitrogen and oxygen atoms in total. The first-order valence-electron chi connectivity index (χ1n) is 7.38. The van der Waals surface area contributed by atoms with Gasteiger partial charge in [0.25, 0.3) is 5.89 Å². The summed E-state index contributed by atoms with van der Waals surface area (Å²) in [5.41, 5.74) is 0.325. The molecule has 3 aromatic rings. The van der Waals surface area contributed by atoms with Crippen LogP contribution in [0.5, 0.6) is 0 Å². The lowest BCUT2D eigenvalue weighted by Gasteiger charge is -2.34. The third-order valence-electron chi connectivity index (χ3n) is 3.89. The van der Waals surface area contributed by atoms with Gasteiger partial charge in [0, 0.05) is 18.0 Å². The van der Waals surface area contributed by atoms with Crippen molar-refractivity contribution in [3.63, 3.8) is 0 Å². The van der Waals surface area contributed by atoms with Gasteiger partial charge in [0.15, 0.2) is 17.5 Å². The molecule has 4 rings (SSSR count). The van der Waals surface area contributed by atoms with Crippen LogP contribution in [0.1, 0.15) is 17.8 Å². The minimum Gasteiger partial charge on any atom is -0.377 e. The number of hydrogen-bond donors (Lipinski definition) is 0. The van der Waals surface area contributed by atoms with Crippen molar-refractivity contribution < 1.29 is 18.0 Å². The lowest BCUT2D eigenvalue weighted by Crippen LogP contribution is -2.40. The molecule has 2 aromatic heterocycles. The average Bonchev–Trinajstić information content (AvgIpc) is 3.02. The molecule has 9 heteroatoms. The van der Waals surface area contributed by atoms with Gasteiger partial charge < -0.3 is 14.2 Å². The average molecular weight is 333 g/mol. The van der Waals surface area contributed by atoms with Gasteiger partial charge in [-0.3, -0.25) is 0 Å². The highest BCUT2D eigenvalue weighted by atomic mass is 19.2. The predicted molar refractivity (Wildman–Crippen MR) is 79.4 cm³/mol. The van der Waals surface area contributed by atoms with Crippen LogP contribution < -0.4 is 4.90 Å². The van der Waals surface area contributed by atoms with Gasteiger partial charge >= 0.3 is 0 Å². The standard InChI is InChI=1S/C15H13F2N5O2/c1-8-20-15(24-21-8)13-6-23-3-2-22(13)14-9-4-10(16)11(17)5-12(9)18-7-19-14/h4-5,7,13H,2-3,6H2,1H3. The number of anilines is 1. The van der Waals surface area contributed by atoms with E-state index in [0.29, 0.717) is 48.2 Å². The lowest BCUT2D eigenvalue weighted by molar-refractivity contribution is 0.0835. The molecule has 0 aliphatic carbocycles. The summed E-state index contributed by atoms with van der Waals surface area (Å²) in [6.07, 6.45) is 1.32. The smallest absolute Gasteiger partial charge is 0.251 e. The lowest BCUT2D eigenvalue weighted by atomic mass is 10.1. The van der Waals surface area contributed by atoms with Gasteiger partial charge in [-0.2, -0.15) is 4.98 Å². The van der Waals surface area contributed by atoms with Crippen LogP contribution in [0.15, 0.2) is 23.0 Å². The second-order valence-corrected chi connectivity index (χ2v) is 5.44. The zero-order valence-corrected chi connectivity index (χ0v) is 12.7. The molecule has 1 aliphatic rings. The highest BCUT2D eigenvalue weighted by Gasteiger charge is 2.31. The number of benzene rings is 1. The number of fused-ring (bicyclic) bond motifs is 1. The Morgan fingerprint density at radius 1 is 1.21 bits per heavy atom. The molecule has 24 heavy (non-hydrogen) atoms. The van der Waals surface area contributed by atoms with Crippen molar-refractivity contribution >= 4 is 16.7 Å². The van der Waals surface area contributed by atoms with E-state index in [0.717, 1.165) is 12.1 Å². The molecule has 1 unspecified atom stereocenters. The summed E-state index contributed by atoms with van der Waals surface area (Å²) in [6.45, 7) is 3.02. The zero-order chi connectivity index (χ0) is 16.7. The number of rotatable bonds is 2. The molecule has 1 fully saturated rings. The first-order chi connectivity index (χ1) is 11.6. The van der Waals surface area contributed by atoms with Crippen molar-refractivity contribution in [3.8, 4) is 0 Å². The summed E-state index contributed by atoms with van der Waals surface area (Å²) in [6, 6.07) is 1.81. The molecule has 0 saturated carbocycles. The van der Waals surface area contributed by atoms with Crippen molar-refractivity contribution in [3.05, 3.63) is 41.8 Å². The van der Waals surface area contributed by atoms with Crippen LogP contribution in [0.3, 0.4) is 0 Å². The Morgan fingerprint density at radius 2 is 2.04 bits per heavy atom. The number of ether oxygens (including phenoxy) is 1. The maximum Gasteiger partial charge on any atom is 0.251 e. The molecule has 0 amide bonds. The van der Waals surface area contributed by atoms with Gasteiger partial charge in [-0.1, -0.05) is 5.16 Å². The van der Waals surface area contributed by atoms with Gasteiger partial charge in [0.05, 0.1) is 18.7 Å². The van der Waals surface area contributed by atoms with Gasteiger partial charge in [-0.05, 0) is 13.0 Å². The minimum absolute atomic E-state index is 0.325. The molecule has 0 bridgehead atoms. The number of nitrogens with zero attached hydrogens (tertiary/aromatic N) is 5. The van der Waals surface area contributed by atoms with Crippen molar-refractivity contribution in [1.82, 2.24) is 20.1 Å². The number of aryl methyl sites for hydroxylation is 1. The Morgan fingerprint density at radius 3 is 2.83 bits per heavy atom. The van der Waals surface area contributed by atoms with Gasteiger partial charge in [0.1, 0.15) is 18.2 Å². The Kier molecular flexibility index (Phi) is 3.57. The van der Waals surface area contributed by atoms with E-state index in [1.165, 1.54) is 6.33 Å². The first kappa shape index (κ1) is 14.9. The molecule has 1 aromatic carbocycles. The largest absolute Gasteiger partial charge is 0.377 e. The molecule has 0 N–H and O–H groups in total. The molecule has 0 spiro atoms. The fourth-order valence-electron chi connectivity index (χ4n) is 2.78. The highest BCUT2D eigenvalue weighted by molar-refractivity contribution is 5.89.